The van der Waals surface area contributed by atoms with Crippen molar-refractivity contribution in [3.8, 4) is 0 Å². The molecule has 0 saturated carbocycles. The van der Waals surface area contributed by atoms with Gasteiger partial charge in [-0.3, -0.25) is 0 Å². The topological polar surface area (TPSA) is 29.3 Å². The minimum atomic E-state index is 0.00894. The summed E-state index contributed by atoms with van der Waals surface area (Å²) in [4.78, 5) is 2.71. The Bertz CT molecular complexity index is 285. The minimum Gasteiger partial charge on any atom is -0.324 e. The molecule has 0 spiro atoms. The SMILES string of the molecule is CCCCC(CC)CC1CN(CC(CC)CCCC)CC(C)(N)C1. The van der Waals surface area contributed by atoms with E-state index in [0.29, 0.717) is 0 Å². The lowest BCUT2D eigenvalue weighted by Gasteiger charge is -2.44. The van der Waals surface area contributed by atoms with Gasteiger partial charge in [0.1, 0.15) is 0 Å². The molecule has 0 bridgehead atoms. The molecule has 4 atom stereocenters. The Morgan fingerprint density at radius 2 is 1.58 bits per heavy atom. The fourth-order valence-electron chi connectivity index (χ4n) is 4.76. The summed E-state index contributed by atoms with van der Waals surface area (Å²) >= 11 is 0. The Morgan fingerprint density at radius 1 is 1.00 bits per heavy atom. The first-order valence-electron chi connectivity index (χ1n) is 10.9. The lowest BCUT2D eigenvalue weighted by molar-refractivity contribution is 0.0807. The van der Waals surface area contributed by atoms with Gasteiger partial charge in [0.15, 0.2) is 0 Å². The van der Waals surface area contributed by atoms with Crippen molar-refractivity contribution in [3.63, 3.8) is 0 Å². The quantitative estimate of drug-likeness (QED) is 0.483. The maximum atomic E-state index is 6.65. The third-order valence-corrected chi connectivity index (χ3v) is 6.13. The van der Waals surface area contributed by atoms with Gasteiger partial charge in [-0.05, 0) is 43.9 Å². The summed E-state index contributed by atoms with van der Waals surface area (Å²) in [5.41, 5.74) is 6.66. The lowest BCUT2D eigenvalue weighted by Crippen LogP contribution is -2.56. The lowest BCUT2D eigenvalue weighted by atomic mass is 9.78. The number of nitrogens with zero attached hydrogens (tertiary/aromatic N) is 1. The van der Waals surface area contributed by atoms with Gasteiger partial charge in [-0.2, -0.15) is 0 Å². The van der Waals surface area contributed by atoms with E-state index in [1.165, 1.54) is 77.3 Å². The molecule has 1 heterocycles. The molecule has 24 heavy (non-hydrogen) atoms. The van der Waals surface area contributed by atoms with E-state index < -0.39 is 0 Å². The predicted octanol–water partition coefficient (Wildman–Crippen LogP) is 5.85. The maximum absolute atomic E-state index is 6.65. The zero-order valence-electron chi connectivity index (χ0n) is 17.4. The first-order chi connectivity index (χ1) is 11.4. The van der Waals surface area contributed by atoms with E-state index in [4.69, 9.17) is 5.73 Å². The summed E-state index contributed by atoms with van der Waals surface area (Å²) < 4.78 is 0. The molecule has 0 radical (unpaired) electrons. The number of likely N-dealkylation sites (tertiary alicyclic amines) is 1. The van der Waals surface area contributed by atoms with Crippen molar-refractivity contribution in [2.24, 2.45) is 23.5 Å². The van der Waals surface area contributed by atoms with Crippen molar-refractivity contribution >= 4 is 0 Å². The van der Waals surface area contributed by atoms with Crippen LogP contribution in [-0.2, 0) is 0 Å². The molecule has 2 nitrogen and oxygen atoms in total. The van der Waals surface area contributed by atoms with Gasteiger partial charge in [0.05, 0.1) is 0 Å². The van der Waals surface area contributed by atoms with Crippen LogP contribution in [0.25, 0.3) is 0 Å². The number of hydrogen-bond acceptors (Lipinski definition) is 2. The van der Waals surface area contributed by atoms with Crippen LogP contribution in [0.1, 0.15) is 98.8 Å². The van der Waals surface area contributed by atoms with E-state index in [0.717, 1.165) is 24.3 Å². The molecule has 0 aromatic rings. The fourth-order valence-corrected chi connectivity index (χ4v) is 4.76. The van der Waals surface area contributed by atoms with Crippen LogP contribution in [0.5, 0.6) is 0 Å². The molecule has 1 aliphatic rings. The molecule has 0 amide bonds. The number of hydrogen-bond donors (Lipinski definition) is 1. The highest BCUT2D eigenvalue weighted by Crippen LogP contribution is 2.32. The smallest absolute Gasteiger partial charge is 0.0257 e. The first-order valence-corrected chi connectivity index (χ1v) is 10.9. The standard InChI is InChI=1S/C22H46N2/c1-6-10-12-19(8-3)14-21-15-22(5,23)18-24(17-21)16-20(9-4)13-11-7-2/h19-21H,6-18,23H2,1-5H3. The van der Waals surface area contributed by atoms with Gasteiger partial charge in [0.25, 0.3) is 0 Å². The zero-order valence-corrected chi connectivity index (χ0v) is 17.4. The van der Waals surface area contributed by atoms with Gasteiger partial charge < -0.3 is 10.6 Å². The number of piperidine rings is 1. The van der Waals surface area contributed by atoms with E-state index in [-0.39, 0.29) is 5.54 Å². The Morgan fingerprint density at radius 3 is 2.12 bits per heavy atom. The van der Waals surface area contributed by atoms with Gasteiger partial charge in [-0.1, -0.05) is 72.6 Å². The van der Waals surface area contributed by atoms with Crippen molar-refractivity contribution in [1.82, 2.24) is 4.90 Å². The summed E-state index contributed by atoms with van der Waals surface area (Å²) in [5.74, 6) is 2.58. The minimum absolute atomic E-state index is 0.00894. The second-order valence-corrected chi connectivity index (χ2v) is 8.99. The van der Waals surface area contributed by atoms with Gasteiger partial charge in [0.2, 0.25) is 0 Å². The molecule has 2 heteroatoms. The summed E-state index contributed by atoms with van der Waals surface area (Å²) in [7, 11) is 0. The van der Waals surface area contributed by atoms with Crippen molar-refractivity contribution in [2.45, 2.75) is 104 Å². The highest BCUT2D eigenvalue weighted by Gasteiger charge is 2.34. The number of nitrogens with two attached hydrogens (primary N) is 1. The second-order valence-electron chi connectivity index (χ2n) is 8.99. The summed E-state index contributed by atoms with van der Waals surface area (Å²) in [6, 6.07) is 0. The molecular weight excluding hydrogens is 292 g/mol. The third-order valence-electron chi connectivity index (χ3n) is 6.13. The largest absolute Gasteiger partial charge is 0.324 e. The van der Waals surface area contributed by atoms with Gasteiger partial charge in [-0.15, -0.1) is 0 Å². The summed E-state index contributed by atoms with van der Waals surface area (Å²) in [6.45, 7) is 15.3. The van der Waals surface area contributed by atoms with Crippen LogP contribution in [0.4, 0.5) is 0 Å². The van der Waals surface area contributed by atoms with Crippen LogP contribution < -0.4 is 5.73 Å². The second kappa shape index (κ2) is 11.5. The van der Waals surface area contributed by atoms with E-state index >= 15 is 0 Å². The monoisotopic (exact) mass is 338 g/mol. The third kappa shape index (κ3) is 8.34. The maximum Gasteiger partial charge on any atom is 0.0257 e. The normalized spacial score (nSPS) is 28.0. The van der Waals surface area contributed by atoms with E-state index in [2.05, 4.69) is 39.5 Å². The molecule has 4 unspecified atom stereocenters. The highest BCUT2D eigenvalue weighted by molar-refractivity contribution is 4.92. The van der Waals surface area contributed by atoms with Crippen LogP contribution >= 0.6 is 0 Å². The molecular formula is C22H46N2. The molecule has 0 aliphatic carbocycles. The average Bonchev–Trinajstić information content (AvgIpc) is 2.53. The van der Waals surface area contributed by atoms with E-state index in [1.807, 2.05) is 0 Å². The van der Waals surface area contributed by atoms with Gasteiger partial charge in [-0.25, -0.2) is 0 Å². The van der Waals surface area contributed by atoms with E-state index in [1.54, 1.807) is 0 Å². The van der Waals surface area contributed by atoms with Crippen molar-refractivity contribution in [2.75, 3.05) is 19.6 Å². The highest BCUT2D eigenvalue weighted by atomic mass is 15.2. The molecule has 0 aromatic heterocycles. The molecule has 1 aliphatic heterocycles. The van der Waals surface area contributed by atoms with Gasteiger partial charge >= 0.3 is 0 Å². The van der Waals surface area contributed by atoms with Crippen LogP contribution in [0.15, 0.2) is 0 Å². The van der Waals surface area contributed by atoms with Crippen molar-refractivity contribution in [1.29, 1.82) is 0 Å². The molecule has 1 fully saturated rings. The molecule has 2 N–H and O–H groups in total. The Labute approximate surface area is 152 Å². The first kappa shape index (κ1) is 22.0. The molecule has 1 rings (SSSR count). The zero-order chi connectivity index (χ0) is 18.0. The van der Waals surface area contributed by atoms with Crippen LogP contribution in [0.2, 0.25) is 0 Å². The number of unbranched alkanes of at least 4 members (excludes halogenated alkanes) is 2. The molecule has 1 saturated heterocycles. The fraction of sp³-hybridized carbons (Fsp3) is 1.00. The predicted molar refractivity (Wildman–Crippen MR) is 108 cm³/mol. The van der Waals surface area contributed by atoms with Crippen LogP contribution in [0.3, 0.4) is 0 Å². The van der Waals surface area contributed by atoms with Crippen molar-refractivity contribution in [3.05, 3.63) is 0 Å². The van der Waals surface area contributed by atoms with E-state index in [9.17, 15) is 0 Å². The Hall–Kier alpha value is -0.0800. The Kier molecular flexibility index (Phi) is 10.5. The van der Waals surface area contributed by atoms with Crippen LogP contribution in [0, 0.1) is 17.8 Å². The average molecular weight is 339 g/mol. The summed E-state index contributed by atoms with van der Waals surface area (Å²) in [5, 5.41) is 0. The summed E-state index contributed by atoms with van der Waals surface area (Å²) in [6.07, 6.45) is 13.5. The van der Waals surface area contributed by atoms with Gasteiger partial charge in [0, 0.05) is 25.2 Å². The molecule has 0 aromatic carbocycles. The Balaban J connectivity index is 2.58. The molecule has 144 valence electrons. The van der Waals surface area contributed by atoms with Crippen LogP contribution in [-0.4, -0.2) is 30.1 Å². The number of rotatable bonds is 12. The van der Waals surface area contributed by atoms with Crippen molar-refractivity contribution < 1.29 is 0 Å².